The van der Waals surface area contributed by atoms with Crippen molar-refractivity contribution in [3.8, 4) is 0 Å². The molecule has 0 spiro atoms. The number of hydrogen-bond donors (Lipinski definition) is 1. The number of amides is 1. The van der Waals surface area contributed by atoms with Crippen LogP contribution in [0.25, 0.3) is 0 Å². The summed E-state index contributed by atoms with van der Waals surface area (Å²) in [6.07, 6.45) is 3.49. The zero-order valence-corrected chi connectivity index (χ0v) is 12.8. The Hall–Kier alpha value is -1.14. The summed E-state index contributed by atoms with van der Waals surface area (Å²) in [5, 5.41) is 6.59. The third-order valence-corrected chi connectivity index (χ3v) is 3.35. The number of rotatable bonds is 3. The maximum Gasteiger partial charge on any atom is 0.253 e. The molecule has 0 atom stereocenters. The van der Waals surface area contributed by atoms with Gasteiger partial charge in [0.25, 0.3) is 5.91 Å². The molecule has 2 aromatic rings. The lowest BCUT2D eigenvalue weighted by atomic mass is 10.2. The number of hydrogen-bond acceptors (Lipinski definition) is 2. The predicted octanol–water partition coefficient (Wildman–Crippen LogP) is 3.21. The van der Waals surface area contributed by atoms with E-state index in [1.165, 1.54) is 0 Å². The highest BCUT2D eigenvalue weighted by Crippen LogP contribution is 2.21. The molecule has 18 heavy (non-hydrogen) atoms. The molecular weight excluding hydrogens is 362 g/mol. The lowest BCUT2D eigenvalue weighted by molar-refractivity contribution is 0.0785. The Morgan fingerprint density at radius 2 is 2.00 bits per heavy atom. The molecule has 0 saturated carbocycles. The van der Waals surface area contributed by atoms with E-state index in [4.69, 9.17) is 0 Å². The zero-order chi connectivity index (χ0) is 13.1. The van der Waals surface area contributed by atoms with Crippen molar-refractivity contribution in [2.24, 2.45) is 0 Å². The third kappa shape index (κ3) is 3.20. The highest BCUT2D eigenvalue weighted by Gasteiger charge is 2.13. The van der Waals surface area contributed by atoms with Crippen molar-refractivity contribution in [2.75, 3.05) is 7.05 Å². The molecule has 1 heterocycles. The number of nitrogens with one attached hydrogen (secondary N) is 1. The summed E-state index contributed by atoms with van der Waals surface area (Å²) in [6, 6.07) is 5.50. The van der Waals surface area contributed by atoms with Crippen LogP contribution in [-0.4, -0.2) is 28.1 Å². The van der Waals surface area contributed by atoms with Crippen molar-refractivity contribution in [2.45, 2.75) is 6.54 Å². The molecule has 0 aliphatic carbocycles. The second kappa shape index (κ2) is 5.67. The second-order valence-electron chi connectivity index (χ2n) is 3.93. The minimum absolute atomic E-state index is 0.0294. The monoisotopic (exact) mass is 371 g/mol. The summed E-state index contributed by atoms with van der Waals surface area (Å²) in [5.41, 5.74) is 1.61. The molecule has 94 valence electrons. The predicted molar refractivity (Wildman–Crippen MR) is 76.2 cm³/mol. The number of carbonyl (C=O) groups excluding carboxylic acids is 1. The quantitative estimate of drug-likeness (QED) is 0.899. The van der Waals surface area contributed by atoms with Crippen LogP contribution in [0.15, 0.2) is 39.5 Å². The Morgan fingerprint density at radius 3 is 2.56 bits per heavy atom. The zero-order valence-electron chi connectivity index (χ0n) is 9.65. The Balaban J connectivity index is 2.15. The fourth-order valence-corrected chi connectivity index (χ4v) is 2.90. The molecule has 0 fully saturated rings. The van der Waals surface area contributed by atoms with Gasteiger partial charge in [-0.1, -0.05) is 31.9 Å². The van der Waals surface area contributed by atoms with Crippen molar-refractivity contribution in [3.05, 3.63) is 50.7 Å². The Labute approximate surface area is 122 Å². The maximum atomic E-state index is 12.2. The van der Waals surface area contributed by atoms with Gasteiger partial charge in [-0.15, -0.1) is 0 Å². The average molecular weight is 373 g/mol. The largest absolute Gasteiger partial charge is 0.337 e. The number of halogens is 2. The minimum Gasteiger partial charge on any atom is -0.337 e. The summed E-state index contributed by atoms with van der Waals surface area (Å²) >= 11 is 6.75. The van der Waals surface area contributed by atoms with Crippen molar-refractivity contribution in [1.82, 2.24) is 15.1 Å². The highest BCUT2D eigenvalue weighted by atomic mass is 79.9. The van der Waals surface area contributed by atoms with Crippen molar-refractivity contribution >= 4 is 37.8 Å². The number of H-pyrrole nitrogens is 1. The van der Waals surface area contributed by atoms with Crippen LogP contribution in [0.4, 0.5) is 0 Å². The van der Waals surface area contributed by atoms with Crippen LogP contribution in [0, 0.1) is 0 Å². The number of nitrogens with zero attached hydrogens (tertiary/aromatic N) is 2. The average Bonchev–Trinajstić information content (AvgIpc) is 2.79. The fourth-order valence-electron chi connectivity index (χ4n) is 1.61. The fraction of sp³-hybridized carbons (Fsp3) is 0.167. The van der Waals surface area contributed by atoms with Crippen LogP contribution in [0.5, 0.6) is 0 Å². The van der Waals surface area contributed by atoms with E-state index in [1.54, 1.807) is 36.5 Å². The first-order valence-corrected chi connectivity index (χ1v) is 6.84. The van der Waals surface area contributed by atoms with Gasteiger partial charge in [0.1, 0.15) is 0 Å². The smallest absolute Gasteiger partial charge is 0.253 e. The summed E-state index contributed by atoms with van der Waals surface area (Å²) in [7, 11) is 1.77. The highest BCUT2D eigenvalue weighted by molar-refractivity contribution is 9.11. The standard InChI is InChI=1S/C12H11Br2N3O/c1-17(7-8-5-15-16-6-8)12(18)9-2-10(13)4-11(14)3-9/h2-6H,7H2,1H3,(H,15,16). The van der Waals surface area contributed by atoms with Gasteiger partial charge in [0.2, 0.25) is 0 Å². The molecule has 0 bridgehead atoms. The Morgan fingerprint density at radius 1 is 1.33 bits per heavy atom. The van der Waals surface area contributed by atoms with Gasteiger partial charge >= 0.3 is 0 Å². The van der Waals surface area contributed by atoms with E-state index in [2.05, 4.69) is 42.1 Å². The summed E-state index contributed by atoms with van der Waals surface area (Å²) in [5.74, 6) is -0.0294. The minimum atomic E-state index is -0.0294. The van der Waals surface area contributed by atoms with Gasteiger partial charge in [-0.05, 0) is 18.2 Å². The summed E-state index contributed by atoms with van der Waals surface area (Å²) in [4.78, 5) is 13.9. The first-order valence-electron chi connectivity index (χ1n) is 5.25. The first kappa shape index (κ1) is 13.3. The van der Waals surface area contributed by atoms with Crippen LogP contribution < -0.4 is 0 Å². The molecule has 1 N–H and O–H groups in total. The number of aromatic nitrogens is 2. The van der Waals surface area contributed by atoms with E-state index in [9.17, 15) is 4.79 Å². The molecule has 0 saturated heterocycles. The molecule has 6 heteroatoms. The number of benzene rings is 1. The Bertz CT molecular complexity index is 534. The van der Waals surface area contributed by atoms with Gasteiger partial charge in [-0.3, -0.25) is 9.89 Å². The van der Waals surface area contributed by atoms with E-state index in [0.717, 1.165) is 14.5 Å². The van der Waals surface area contributed by atoms with E-state index >= 15 is 0 Å². The third-order valence-electron chi connectivity index (χ3n) is 2.43. The molecule has 1 aromatic heterocycles. The van der Waals surface area contributed by atoms with Crippen LogP contribution in [0.2, 0.25) is 0 Å². The SMILES string of the molecule is CN(Cc1cn[nH]c1)C(=O)c1cc(Br)cc(Br)c1. The molecule has 0 aliphatic heterocycles. The van der Waals surface area contributed by atoms with Crippen LogP contribution in [-0.2, 0) is 6.54 Å². The van der Waals surface area contributed by atoms with E-state index in [-0.39, 0.29) is 5.91 Å². The van der Waals surface area contributed by atoms with Gasteiger partial charge in [0, 0.05) is 39.9 Å². The van der Waals surface area contributed by atoms with Crippen LogP contribution in [0.1, 0.15) is 15.9 Å². The molecule has 0 unspecified atom stereocenters. The molecule has 0 radical (unpaired) electrons. The van der Waals surface area contributed by atoms with Crippen molar-refractivity contribution in [3.63, 3.8) is 0 Å². The second-order valence-corrected chi connectivity index (χ2v) is 5.76. The van der Waals surface area contributed by atoms with E-state index in [0.29, 0.717) is 12.1 Å². The summed E-state index contributed by atoms with van der Waals surface area (Å²) in [6.45, 7) is 0.527. The lowest BCUT2D eigenvalue weighted by Crippen LogP contribution is -2.26. The van der Waals surface area contributed by atoms with Crippen LogP contribution in [0.3, 0.4) is 0 Å². The van der Waals surface area contributed by atoms with Crippen molar-refractivity contribution < 1.29 is 4.79 Å². The van der Waals surface area contributed by atoms with Gasteiger partial charge in [-0.25, -0.2) is 0 Å². The number of carbonyl (C=O) groups is 1. The van der Waals surface area contributed by atoms with Gasteiger partial charge in [-0.2, -0.15) is 5.10 Å². The molecular formula is C12H11Br2N3O. The first-order chi connectivity index (χ1) is 8.56. The molecule has 0 aliphatic rings. The normalized spacial score (nSPS) is 10.4. The molecule has 1 aromatic carbocycles. The molecule has 4 nitrogen and oxygen atoms in total. The lowest BCUT2D eigenvalue weighted by Gasteiger charge is -2.16. The Kier molecular flexibility index (Phi) is 4.19. The van der Waals surface area contributed by atoms with E-state index in [1.807, 2.05) is 6.07 Å². The summed E-state index contributed by atoms with van der Waals surface area (Å²) < 4.78 is 1.74. The van der Waals surface area contributed by atoms with Gasteiger partial charge < -0.3 is 4.90 Å². The van der Waals surface area contributed by atoms with E-state index < -0.39 is 0 Å². The molecule has 1 amide bonds. The van der Waals surface area contributed by atoms with Gasteiger partial charge in [0.05, 0.1) is 6.20 Å². The van der Waals surface area contributed by atoms with Crippen LogP contribution >= 0.6 is 31.9 Å². The topological polar surface area (TPSA) is 49.0 Å². The maximum absolute atomic E-state index is 12.2. The molecule has 2 rings (SSSR count). The van der Waals surface area contributed by atoms with Crippen molar-refractivity contribution in [1.29, 1.82) is 0 Å². The van der Waals surface area contributed by atoms with Gasteiger partial charge in [0.15, 0.2) is 0 Å². The number of aromatic amines is 1.